The summed E-state index contributed by atoms with van der Waals surface area (Å²) in [6.07, 6.45) is 7.67. The molecule has 0 spiro atoms. The fourth-order valence-electron chi connectivity index (χ4n) is 5.29. The van der Waals surface area contributed by atoms with Gasteiger partial charge in [0, 0.05) is 31.2 Å². The Labute approximate surface area is 192 Å². The van der Waals surface area contributed by atoms with Gasteiger partial charge in [-0.25, -0.2) is 18.1 Å². The number of ether oxygens (including phenoxy) is 1. The van der Waals surface area contributed by atoms with Crippen LogP contribution in [0.25, 0.3) is 0 Å². The van der Waals surface area contributed by atoms with Crippen LogP contribution in [0.3, 0.4) is 0 Å². The molecule has 1 saturated heterocycles. The third-order valence-corrected chi connectivity index (χ3v) is 7.60. The maximum atomic E-state index is 12.0. The van der Waals surface area contributed by atoms with Crippen molar-refractivity contribution in [3.63, 3.8) is 0 Å². The van der Waals surface area contributed by atoms with Gasteiger partial charge in [0.1, 0.15) is 5.82 Å². The second-order valence-corrected chi connectivity index (χ2v) is 11.2. The highest BCUT2D eigenvalue weighted by Crippen LogP contribution is 2.35. The van der Waals surface area contributed by atoms with E-state index in [9.17, 15) is 8.42 Å². The minimum atomic E-state index is -3.29. The van der Waals surface area contributed by atoms with Gasteiger partial charge in [0.2, 0.25) is 10.0 Å². The summed E-state index contributed by atoms with van der Waals surface area (Å²) in [6.45, 7) is 4.16. The van der Waals surface area contributed by atoms with Crippen molar-refractivity contribution in [2.24, 2.45) is 11.8 Å². The highest BCUT2D eigenvalue weighted by Gasteiger charge is 2.37. The van der Waals surface area contributed by atoms with Gasteiger partial charge in [-0.1, -0.05) is 43.3 Å². The molecule has 1 saturated carbocycles. The molecule has 1 aliphatic carbocycles. The molecule has 2 aliphatic rings. The maximum Gasteiger partial charge on any atom is 0.208 e. The first-order valence-corrected chi connectivity index (χ1v) is 13.6. The minimum absolute atomic E-state index is 0.0716. The average molecular weight is 458 g/mol. The number of nitrogens with one attached hydrogen (secondary N) is 1. The Balaban J connectivity index is 1.38. The summed E-state index contributed by atoms with van der Waals surface area (Å²) in [4.78, 5) is 6.76. The van der Waals surface area contributed by atoms with Gasteiger partial charge < -0.3 is 9.64 Å². The summed E-state index contributed by atoms with van der Waals surface area (Å²) in [5.41, 5.74) is 1.43. The topological polar surface area (TPSA) is 71.5 Å². The second-order valence-electron chi connectivity index (χ2n) is 9.46. The molecule has 174 valence electrons. The highest BCUT2D eigenvalue weighted by molar-refractivity contribution is 7.88. The number of nitrogens with zero attached hydrogens (tertiary/aromatic N) is 2. The highest BCUT2D eigenvalue weighted by atomic mass is 32.2. The lowest BCUT2D eigenvalue weighted by atomic mass is 9.82. The van der Waals surface area contributed by atoms with Crippen LogP contribution in [0.15, 0.2) is 54.7 Å². The van der Waals surface area contributed by atoms with Gasteiger partial charge in [-0.15, -0.1) is 0 Å². The van der Waals surface area contributed by atoms with Crippen LogP contribution in [0, 0.1) is 11.8 Å². The van der Waals surface area contributed by atoms with E-state index >= 15 is 0 Å². The van der Waals surface area contributed by atoms with E-state index in [0.29, 0.717) is 12.5 Å². The number of pyridine rings is 1. The predicted molar refractivity (Wildman–Crippen MR) is 128 cm³/mol. The quantitative estimate of drug-likeness (QED) is 0.685. The van der Waals surface area contributed by atoms with E-state index in [1.54, 1.807) is 6.20 Å². The molecular weight excluding hydrogens is 422 g/mol. The lowest BCUT2D eigenvalue weighted by Crippen LogP contribution is -2.57. The molecule has 0 radical (unpaired) electrons. The minimum Gasteiger partial charge on any atom is -0.378 e. The van der Waals surface area contributed by atoms with Crippen molar-refractivity contribution in [2.45, 2.75) is 50.7 Å². The van der Waals surface area contributed by atoms with Gasteiger partial charge >= 0.3 is 0 Å². The number of hydrogen-bond donors (Lipinski definition) is 1. The molecule has 1 aliphatic heterocycles. The summed E-state index contributed by atoms with van der Waals surface area (Å²) in [5.74, 6) is 1.78. The monoisotopic (exact) mass is 457 g/mol. The fraction of sp³-hybridized carbons (Fsp3) is 0.560. The predicted octanol–water partition coefficient (Wildman–Crippen LogP) is 3.81. The van der Waals surface area contributed by atoms with Crippen molar-refractivity contribution in [3.05, 3.63) is 60.3 Å². The van der Waals surface area contributed by atoms with E-state index in [-0.39, 0.29) is 24.0 Å². The SMILES string of the molecule is C[C@@H]1CN(c2ccccn2)C[C@@H](COC2CCC(c3ccccc3)CC2)C1NS(C)(=O)=O. The number of aromatic nitrogens is 1. The Kier molecular flexibility index (Phi) is 7.48. The zero-order valence-corrected chi connectivity index (χ0v) is 19.9. The fourth-order valence-corrected chi connectivity index (χ4v) is 6.21. The lowest BCUT2D eigenvalue weighted by Gasteiger charge is -2.43. The van der Waals surface area contributed by atoms with E-state index in [4.69, 9.17) is 4.74 Å². The Bertz CT molecular complexity index is 947. The molecule has 1 N–H and O–H groups in total. The molecular formula is C25H35N3O3S. The summed E-state index contributed by atoms with van der Waals surface area (Å²) >= 11 is 0. The molecule has 0 amide bonds. The number of piperidine rings is 1. The molecule has 3 atom stereocenters. The first-order chi connectivity index (χ1) is 15.4. The molecule has 4 rings (SSSR count). The summed E-state index contributed by atoms with van der Waals surface area (Å²) in [6, 6.07) is 16.5. The number of anilines is 1. The van der Waals surface area contributed by atoms with Gasteiger partial charge in [0.15, 0.2) is 0 Å². The van der Waals surface area contributed by atoms with Crippen LogP contribution in [0.2, 0.25) is 0 Å². The van der Waals surface area contributed by atoms with Crippen molar-refractivity contribution in [1.82, 2.24) is 9.71 Å². The maximum absolute atomic E-state index is 12.0. The molecule has 2 heterocycles. The average Bonchev–Trinajstić information content (AvgIpc) is 2.80. The number of sulfonamides is 1. The van der Waals surface area contributed by atoms with Crippen LogP contribution in [0.5, 0.6) is 0 Å². The van der Waals surface area contributed by atoms with Crippen molar-refractivity contribution < 1.29 is 13.2 Å². The first kappa shape index (κ1) is 23.2. The molecule has 1 aromatic heterocycles. The van der Waals surface area contributed by atoms with E-state index in [2.05, 4.69) is 51.9 Å². The first-order valence-electron chi connectivity index (χ1n) is 11.7. The van der Waals surface area contributed by atoms with Crippen LogP contribution in [-0.2, 0) is 14.8 Å². The van der Waals surface area contributed by atoms with Crippen molar-refractivity contribution >= 4 is 15.8 Å². The third-order valence-electron chi connectivity index (χ3n) is 6.90. The third kappa shape index (κ3) is 6.09. The molecule has 1 unspecified atom stereocenters. The van der Waals surface area contributed by atoms with Crippen LogP contribution in [0.1, 0.15) is 44.1 Å². The molecule has 2 fully saturated rings. The zero-order valence-electron chi connectivity index (χ0n) is 19.1. The Morgan fingerprint density at radius 1 is 1.03 bits per heavy atom. The van der Waals surface area contributed by atoms with Gasteiger partial charge in [-0.3, -0.25) is 0 Å². The number of hydrogen-bond acceptors (Lipinski definition) is 5. The number of benzene rings is 1. The van der Waals surface area contributed by atoms with Gasteiger partial charge in [0.25, 0.3) is 0 Å². The Hall–Kier alpha value is -1.96. The van der Waals surface area contributed by atoms with E-state index in [1.165, 1.54) is 11.8 Å². The van der Waals surface area contributed by atoms with Crippen LogP contribution in [0.4, 0.5) is 5.82 Å². The molecule has 0 bridgehead atoms. The molecule has 32 heavy (non-hydrogen) atoms. The molecule has 6 nitrogen and oxygen atoms in total. The lowest BCUT2D eigenvalue weighted by molar-refractivity contribution is -0.00624. The Morgan fingerprint density at radius 3 is 2.41 bits per heavy atom. The van der Waals surface area contributed by atoms with Gasteiger partial charge in [-0.05, 0) is 55.2 Å². The normalized spacial score (nSPS) is 29.1. The summed E-state index contributed by atoms with van der Waals surface area (Å²) in [7, 11) is -3.29. The van der Waals surface area contributed by atoms with E-state index < -0.39 is 10.0 Å². The van der Waals surface area contributed by atoms with E-state index in [1.807, 2.05) is 18.2 Å². The van der Waals surface area contributed by atoms with Crippen LogP contribution >= 0.6 is 0 Å². The molecule has 1 aromatic carbocycles. The van der Waals surface area contributed by atoms with Crippen molar-refractivity contribution in [1.29, 1.82) is 0 Å². The zero-order chi connectivity index (χ0) is 22.6. The second kappa shape index (κ2) is 10.3. The molecule has 2 aromatic rings. The van der Waals surface area contributed by atoms with E-state index in [0.717, 1.165) is 44.6 Å². The van der Waals surface area contributed by atoms with Crippen molar-refractivity contribution in [3.8, 4) is 0 Å². The van der Waals surface area contributed by atoms with Crippen LogP contribution in [-0.4, -0.2) is 51.5 Å². The largest absolute Gasteiger partial charge is 0.378 e. The van der Waals surface area contributed by atoms with Gasteiger partial charge in [0.05, 0.1) is 19.0 Å². The Morgan fingerprint density at radius 2 is 1.75 bits per heavy atom. The van der Waals surface area contributed by atoms with Crippen molar-refractivity contribution in [2.75, 3.05) is 30.9 Å². The summed E-state index contributed by atoms with van der Waals surface area (Å²) < 4.78 is 33.4. The smallest absolute Gasteiger partial charge is 0.208 e. The van der Waals surface area contributed by atoms with Crippen LogP contribution < -0.4 is 9.62 Å². The van der Waals surface area contributed by atoms with Gasteiger partial charge in [-0.2, -0.15) is 0 Å². The summed E-state index contributed by atoms with van der Waals surface area (Å²) in [5, 5.41) is 0. The standard InChI is InChI=1S/C25H35N3O3S/c1-19-16-28(24-10-6-7-15-26-24)17-22(25(19)27-32(2,29)30)18-31-23-13-11-21(12-14-23)20-8-4-3-5-9-20/h3-10,15,19,21-23,25,27H,11-14,16-18H2,1-2H3/t19-,21?,22+,23?,25?/m1/s1. The molecule has 7 heteroatoms. The number of rotatable bonds is 7.